The lowest BCUT2D eigenvalue weighted by atomic mass is 9.85. The van der Waals surface area contributed by atoms with Gasteiger partial charge < -0.3 is 10.5 Å². The molecule has 0 saturated heterocycles. The highest BCUT2D eigenvalue weighted by molar-refractivity contribution is 4.92. The van der Waals surface area contributed by atoms with Crippen LogP contribution in [0.15, 0.2) is 0 Å². The minimum atomic E-state index is 0.163. The molecule has 0 aliphatic carbocycles. The lowest BCUT2D eigenvalue weighted by Crippen LogP contribution is -2.57. The van der Waals surface area contributed by atoms with Gasteiger partial charge in [0.2, 0.25) is 0 Å². The third-order valence-corrected chi connectivity index (χ3v) is 3.58. The summed E-state index contributed by atoms with van der Waals surface area (Å²) >= 11 is 0. The Morgan fingerprint density at radius 3 is 2.00 bits per heavy atom. The van der Waals surface area contributed by atoms with E-state index in [1.807, 2.05) is 0 Å². The minimum Gasteiger partial charge on any atom is -0.383 e. The zero-order valence-corrected chi connectivity index (χ0v) is 12.5. The first-order valence-electron chi connectivity index (χ1n) is 7.03. The van der Waals surface area contributed by atoms with Crippen LogP contribution in [0.1, 0.15) is 53.4 Å². The summed E-state index contributed by atoms with van der Waals surface area (Å²) in [6, 6.07) is 0.520. The highest BCUT2D eigenvalue weighted by Gasteiger charge is 2.34. The molecule has 0 saturated carbocycles. The minimum absolute atomic E-state index is 0.163. The maximum absolute atomic E-state index is 6.11. The fourth-order valence-corrected chi connectivity index (χ4v) is 2.90. The van der Waals surface area contributed by atoms with Crippen LogP contribution in [-0.2, 0) is 4.74 Å². The van der Waals surface area contributed by atoms with Crippen molar-refractivity contribution >= 4 is 0 Å². The van der Waals surface area contributed by atoms with Crippen LogP contribution in [0, 0.1) is 0 Å². The average Bonchev–Trinajstić information content (AvgIpc) is 2.29. The van der Waals surface area contributed by atoms with Gasteiger partial charge in [0.15, 0.2) is 0 Å². The topological polar surface area (TPSA) is 38.5 Å². The SMILES string of the molecule is CCCC(CN)(CCC)N(CCOC)C(C)C. The first-order chi connectivity index (χ1) is 8.07. The van der Waals surface area contributed by atoms with Crippen LogP contribution < -0.4 is 5.73 Å². The number of rotatable bonds is 10. The lowest BCUT2D eigenvalue weighted by Gasteiger charge is -2.46. The second-order valence-electron chi connectivity index (χ2n) is 5.21. The Morgan fingerprint density at radius 1 is 1.18 bits per heavy atom. The molecule has 3 nitrogen and oxygen atoms in total. The quantitative estimate of drug-likeness (QED) is 0.642. The summed E-state index contributed by atoms with van der Waals surface area (Å²) in [5.74, 6) is 0. The first-order valence-corrected chi connectivity index (χ1v) is 7.03. The number of hydrogen-bond acceptors (Lipinski definition) is 3. The van der Waals surface area contributed by atoms with Crippen LogP contribution >= 0.6 is 0 Å². The van der Waals surface area contributed by atoms with E-state index in [1.165, 1.54) is 25.7 Å². The molecule has 0 aliphatic heterocycles. The van der Waals surface area contributed by atoms with Crippen molar-refractivity contribution in [1.29, 1.82) is 0 Å². The molecular weight excluding hydrogens is 212 g/mol. The Kier molecular flexibility index (Phi) is 8.83. The molecule has 0 atom stereocenters. The van der Waals surface area contributed by atoms with Gasteiger partial charge in [-0.2, -0.15) is 0 Å². The van der Waals surface area contributed by atoms with Crippen molar-refractivity contribution in [1.82, 2.24) is 4.90 Å². The van der Waals surface area contributed by atoms with E-state index < -0.39 is 0 Å². The average molecular weight is 244 g/mol. The fraction of sp³-hybridized carbons (Fsp3) is 1.00. The molecule has 0 aromatic heterocycles. The Labute approximate surface area is 108 Å². The molecule has 0 bridgehead atoms. The summed E-state index contributed by atoms with van der Waals surface area (Å²) in [4.78, 5) is 2.55. The summed E-state index contributed by atoms with van der Waals surface area (Å²) in [5.41, 5.74) is 6.27. The standard InChI is InChI=1S/C14H32N2O/c1-6-8-14(12-15,9-7-2)16(13(3)4)10-11-17-5/h13H,6-12,15H2,1-5H3. The van der Waals surface area contributed by atoms with Crippen molar-refractivity contribution in [3.8, 4) is 0 Å². The van der Waals surface area contributed by atoms with Gasteiger partial charge in [-0.25, -0.2) is 0 Å². The monoisotopic (exact) mass is 244 g/mol. The van der Waals surface area contributed by atoms with Crippen molar-refractivity contribution in [2.75, 3.05) is 26.8 Å². The van der Waals surface area contributed by atoms with E-state index in [2.05, 4.69) is 32.6 Å². The summed E-state index contributed by atoms with van der Waals surface area (Å²) in [6.07, 6.45) is 4.74. The van der Waals surface area contributed by atoms with Crippen molar-refractivity contribution in [3.05, 3.63) is 0 Å². The molecule has 104 valence electrons. The van der Waals surface area contributed by atoms with E-state index in [0.29, 0.717) is 6.04 Å². The van der Waals surface area contributed by atoms with Gasteiger partial charge in [0, 0.05) is 31.8 Å². The molecule has 0 rings (SSSR count). The number of nitrogens with zero attached hydrogens (tertiary/aromatic N) is 1. The summed E-state index contributed by atoms with van der Waals surface area (Å²) in [7, 11) is 1.77. The molecule has 0 unspecified atom stereocenters. The second kappa shape index (κ2) is 8.90. The normalized spacial score (nSPS) is 12.7. The van der Waals surface area contributed by atoms with Crippen molar-refractivity contribution in [3.63, 3.8) is 0 Å². The molecular formula is C14H32N2O. The maximum atomic E-state index is 6.11. The Hall–Kier alpha value is -0.120. The van der Waals surface area contributed by atoms with Crippen LogP contribution in [0.5, 0.6) is 0 Å². The Bertz CT molecular complexity index is 177. The van der Waals surface area contributed by atoms with Crippen LogP contribution in [0.2, 0.25) is 0 Å². The van der Waals surface area contributed by atoms with E-state index in [1.54, 1.807) is 7.11 Å². The van der Waals surface area contributed by atoms with Gasteiger partial charge >= 0.3 is 0 Å². The highest BCUT2D eigenvalue weighted by Crippen LogP contribution is 2.28. The number of nitrogens with two attached hydrogens (primary N) is 1. The molecule has 0 radical (unpaired) electrons. The summed E-state index contributed by atoms with van der Waals surface area (Å²) in [6.45, 7) is 11.5. The van der Waals surface area contributed by atoms with Crippen LogP contribution in [-0.4, -0.2) is 43.3 Å². The maximum Gasteiger partial charge on any atom is 0.0590 e. The van der Waals surface area contributed by atoms with Crippen LogP contribution in [0.3, 0.4) is 0 Å². The predicted molar refractivity (Wildman–Crippen MR) is 75.3 cm³/mol. The molecule has 3 heteroatoms. The van der Waals surface area contributed by atoms with Gasteiger partial charge in [-0.1, -0.05) is 26.7 Å². The van der Waals surface area contributed by atoms with E-state index in [0.717, 1.165) is 19.7 Å². The fourth-order valence-electron chi connectivity index (χ4n) is 2.90. The molecule has 0 aromatic carbocycles. The smallest absolute Gasteiger partial charge is 0.0590 e. The van der Waals surface area contributed by atoms with Gasteiger partial charge in [-0.05, 0) is 26.7 Å². The third-order valence-electron chi connectivity index (χ3n) is 3.58. The molecule has 0 aromatic rings. The second-order valence-corrected chi connectivity index (χ2v) is 5.21. The van der Waals surface area contributed by atoms with Crippen LogP contribution in [0.4, 0.5) is 0 Å². The largest absolute Gasteiger partial charge is 0.383 e. The Morgan fingerprint density at radius 2 is 1.71 bits per heavy atom. The number of hydrogen-bond donors (Lipinski definition) is 1. The molecule has 0 spiro atoms. The molecule has 0 amide bonds. The summed E-state index contributed by atoms with van der Waals surface area (Å²) < 4.78 is 5.24. The van der Waals surface area contributed by atoms with Gasteiger partial charge in [0.1, 0.15) is 0 Å². The van der Waals surface area contributed by atoms with Gasteiger partial charge in [-0.15, -0.1) is 0 Å². The van der Waals surface area contributed by atoms with Gasteiger partial charge in [0.05, 0.1) is 6.61 Å². The lowest BCUT2D eigenvalue weighted by molar-refractivity contribution is 0.0216. The van der Waals surface area contributed by atoms with E-state index in [4.69, 9.17) is 10.5 Å². The highest BCUT2D eigenvalue weighted by atomic mass is 16.5. The molecule has 0 fully saturated rings. The molecule has 0 heterocycles. The molecule has 17 heavy (non-hydrogen) atoms. The van der Waals surface area contributed by atoms with E-state index in [9.17, 15) is 0 Å². The van der Waals surface area contributed by atoms with Gasteiger partial charge in [-0.3, -0.25) is 4.90 Å². The molecule has 2 N–H and O–H groups in total. The zero-order chi connectivity index (χ0) is 13.3. The van der Waals surface area contributed by atoms with Crippen molar-refractivity contribution in [2.24, 2.45) is 5.73 Å². The zero-order valence-electron chi connectivity index (χ0n) is 12.5. The van der Waals surface area contributed by atoms with Crippen LogP contribution in [0.25, 0.3) is 0 Å². The van der Waals surface area contributed by atoms with Crippen molar-refractivity contribution < 1.29 is 4.74 Å². The van der Waals surface area contributed by atoms with Crippen molar-refractivity contribution in [2.45, 2.75) is 65.0 Å². The predicted octanol–water partition coefficient (Wildman–Crippen LogP) is 2.64. The molecule has 0 aliphatic rings. The van der Waals surface area contributed by atoms with E-state index in [-0.39, 0.29) is 5.54 Å². The summed E-state index contributed by atoms with van der Waals surface area (Å²) in [5, 5.41) is 0. The third kappa shape index (κ3) is 4.94. The van der Waals surface area contributed by atoms with Gasteiger partial charge in [0.25, 0.3) is 0 Å². The Balaban J connectivity index is 4.88. The first kappa shape index (κ1) is 16.9. The van der Waals surface area contributed by atoms with E-state index >= 15 is 0 Å². The number of ether oxygens (including phenoxy) is 1. The number of methoxy groups -OCH3 is 1.